The number of carbonyl (C=O) groups excluding carboxylic acids is 3. The molecule has 26 nitrogen and oxygen atoms in total. The third-order valence-electron chi connectivity index (χ3n) is 11.5. The van der Waals surface area contributed by atoms with E-state index >= 15 is 0 Å². The molecule has 81 heavy (non-hydrogen) atoms. The molecular weight excluding hydrogens is 1060 g/mol. The lowest BCUT2D eigenvalue weighted by molar-refractivity contribution is -0.149. The second kappa shape index (κ2) is 35.0. The topological polar surface area (TPSA) is 317 Å². The van der Waals surface area contributed by atoms with Crippen molar-refractivity contribution in [1.29, 1.82) is 0 Å². The van der Waals surface area contributed by atoms with Crippen molar-refractivity contribution in [2.75, 3.05) is 133 Å². The van der Waals surface area contributed by atoms with Crippen molar-refractivity contribution < 1.29 is 96.0 Å². The first-order chi connectivity index (χ1) is 39.0. The molecule has 26 heteroatoms. The number of hydrogen-bond donors (Lipinski definition) is 3. The summed E-state index contributed by atoms with van der Waals surface area (Å²) in [5.41, 5.74) is -2.91. The third-order valence-corrected chi connectivity index (χ3v) is 11.5. The first kappa shape index (κ1) is 66.5. The molecule has 0 fully saturated rings. The first-order valence-corrected chi connectivity index (χ1v) is 26.9. The van der Waals surface area contributed by atoms with E-state index in [1.54, 1.807) is 33.8 Å². The summed E-state index contributed by atoms with van der Waals surface area (Å²) in [5, 5.41) is 31.2. The number of carbonyl (C=O) groups is 3. The number of ketones is 1. The molecule has 0 aliphatic carbocycles. The van der Waals surface area contributed by atoms with Crippen molar-refractivity contribution in [2.45, 2.75) is 91.3 Å². The summed E-state index contributed by atoms with van der Waals surface area (Å²) < 4.78 is 74.8. The fourth-order valence-corrected chi connectivity index (χ4v) is 6.91. The van der Waals surface area contributed by atoms with Crippen molar-refractivity contribution in [3.63, 3.8) is 0 Å². The number of rotatable bonds is 34. The van der Waals surface area contributed by atoms with Crippen LogP contribution in [0.3, 0.4) is 0 Å². The molecule has 3 aliphatic rings. The molecular formula is C55H80N6O20. The van der Waals surface area contributed by atoms with Crippen molar-refractivity contribution >= 4 is 35.4 Å². The smallest absolute Gasteiger partial charge is 0.337 e. The summed E-state index contributed by atoms with van der Waals surface area (Å²) in [6.45, 7) is 21.6. The fraction of sp³-hybridized carbons (Fsp3) is 0.618. The second-order valence-electron chi connectivity index (χ2n) is 18.4. The van der Waals surface area contributed by atoms with Crippen LogP contribution in [-0.4, -0.2) is 215 Å². The monoisotopic (exact) mass is 1140 g/mol. The van der Waals surface area contributed by atoms with Gasteiger partial charge in [0.05, 0.1) is 73.2 Å². The largest absolute Gasteiger partial charge is 0.503 e. The molecule has 3 aliphatic heterocycles. The first-order valence-electron chi connectivity index (χ1n) is 26.9. The normalized spacial score (nSPS) is 18.8. The molecule has 0 amide bonds. The number of pyridine rings is 3. The minimum atomic E-state index is -1.16. The van der Waals surface area contributed by atoms with Gasteiger partial charge in [-0.3, -0.25) is 4.79 Å². The molecule has 0 radical (unpaired) electrons. The molecule has 0 unspecified atom stereocenters. The predicted octanol–water partition coefficient (Wildman–Crippen LogP) is 4.76. The molecule has 3 N–H and O–H groups in total. The van der Waals surface area contributed by atoms with Crippen LogP contribution in [0, 0.1) is 0 Å². The van der Waals surface area contributed by atoms with E-state index in [2.05, 4.69) is 29.9 Å². The Labute approximate surface area is 472 Å². The van der Waals surface area contributed by atoms with E-state index in [1.807, 2.05) is 20.8 Å². The molecule has 0 bridgehead atoms. The molecule has 6 heterocycles. The predicted molar refractivity (Wildman–Crippen MR) is 292 cm³/mol. The summed E-state index contributed by atoms with van der Waals surface area (Å²) in [7, 11) is 1.28. The maximum Gasteiger partial charge on any atom is 0.337 e. The van der Waals surface area contributed by atoms with Gasteiger partial charge in [0.25, 0.3) is 0 Å². The van der Waals surface area contributed by atoms with Gasteiger partial charge >= 0.3 is 11.9 Å². The summed E-state index contributed by atoms with van der Waals surface area (Å²) in [4.78, 5) is 60.5. The van der Waals surface area contributed by atoms with Gasteiger partial charge in [-0.15, -0.1) is 0 Å². The minimum absolute atomic E-state index is 0.00908. The van der Waals surface area contributed by atoms with Gasteiger partial charge in [-0.1, -0.05) is 20.8 Å². The average Bonchev–Trinajstić information content (AvgIpc) is 4.43. The average molecular weight is 1150 g/mol. The van der Waals surface area contributed by atoms with E-state index in [0.717, 1.165) is 25.9 Å². The molecule has 6 rings (SSSR count). The summed E-state index contributed by atoms with van der Waals surface area (Å²) in [6.07, 6.45) is 7.34. The molecule has 0 saturated heterocycles. The van der Waals surface area contributed by atoms with Crippen LogP contribution in [0.1, 0.15) is 91.7 Å². The Bertz CT molecular complexity index is 2530. The standard InChI is InChI=1S/C19H28N2O7.C18H26N2O7.C18H26N2O6/c1-4-8-24-9-10-25-11-12-27-14-6-7-20-15(16(14)22)17-21-19(3,13-28-17)18(23)26-5-2;1-4-7-24-8-9-25-10-11-26-13-5-6-19-14(15(13)21)16-20-18(2,12-27-16)17(22)23-3;1-4-7-23-8-9-24-10-11-25-14-5-6-19-15(16(14)22)17-20-18(3,12-26-17)13(2)21/h6-7,22H,4-5,8-13H2,1-3H3;5-6,21H,4,7-12H2,1-3H3;5-6,22H,4,7-12H2,1-3H3/t19-;2*18-/m111/s1. The summed E-state index contributed by atoms with van der Waals surface area (Å²) in [5.74, 6) is -0.740. The van der Waals surface area contributed by atoms with E-state index in [1.165, 1.54) is 44.8 Å². The highest BCUT2D eigenvalue weighted by Gasteiger charge is 2.43. The highest BCUT2D eigenvalue weighted by atomic mass is 16.6. The molecule has 0 saturated carbocycles. The van der Waals surface area contributed by atoms with E-state index in [-0.39, 0.29) is 121 Å². The SMILES string of the molecule is CCCOCCOCCOc1ccnc(C2=N[C@@](C)(C(=O)OC)CO2)c1O.CCCOCCOCCOc1ccnc(C2=N[C@@](C)(C(=O)OCC)CO2)c1O.CCCOCCOCCOc1ccnc(C2=N[C@@](C)(C(C)=O)CO2)c1O. The number of aromatic nitrogens is 3. The van der Waals surface area contributed by atoms with Crippen LogP contribution in [0.15, 0.2) is 51.8 Å². The van der Waals surface area contributed by atoms with Crippen molar-refractivity contribution in [2.24, 2.45) is 15.0 Å². The van der Waals surface area contributed by atoms with Gasteiger partial charge in [-0.25, -0.2) is 39.5 Å². The summed E-state index contributed by atoms with van der Waals surface area (Å²) in [6, 6.07) is 4.60. The number of ether oxygens (including phenoxy) is 14. The van der Waals surface area contributed by atoms with Crippen molar-refractivity contribution in [3.8, 4) is 34.5 Å². The fourth-order valence-electron chi connectivity index (χ4n) is 6.91. The van der Waals surface area contributed by atoms with Crippen LogP contribution in [0.25, 0.3) is 0 Å². The zero-order valence-electron chi connectivity index (χ0n) is 48.0. The van der Waals surface area contributed by atoms with Crippen molar-refractivity contribution in [1.82, 2.24) is 15.0 Å². The van der Waals surface area contributed by atoms with Crippen LogP contribution < -0.4 is 14.2 Å². The summed E-state index contributed by atoms with van der Waals surface area (Å²) >= 11 is 0. The molecule has 3 aromatic heterocycles. The van der Waals surface area contributed by atoms with Crippen molar-refractivity contribution in [3.05, 3.63) is 53.9 Å². The van der Waals surface area contributed by atoms with E-state index in [9.17, 15) is 29.7 Å². The lowest BCUT2D eigenvalue weighted by Gasteiger charge is -2.15. The Morgan fingerprint density at radius 3 is 1.06 bits per heavy atom. The van der Waals surface area contributed by atoms with Gasteiger partial charge in [-0.05, 0) is 53.9 Å². The second-order valence-corrected chi connectivity index (χ2v) is 18.4. The number of aromatic hydroxyl groups is 3. The van der Waals surface area contributed by atoms with Gasteiger partial charge in [0.1, 0.15) is 39.6 Å². The van der Waals surface area contributed by atoms with Gasteiger partial charge in [0, 0.05) is 56.6 Å². The maximum atomic E-state index is 12.0. The van der Waals surface area contributed by atoms with Crippen LogP contribution in [0.5, 0.6) is 34.5 Å². The van der Waals surface area contributed by atoms with Gasteiger partial charge in [-0.2, -0.15) is 0 Å². The highest BCUT2D eigenvalue weighted by Crippen LogP contribution is 2.35. The third kappa shape index (κ3) is 20.8. The Morgan fingerprint density at radius 1 is 0.469 bits per heavy atom. The maximum absolute atomic E-state index is 12.0. The molecule has 3 aromatic rings. The van der Waals surface area contributed by atoms with Crippen LogP contribution in [0.4, 0.5) is 0 Å². The Kier molecular flexibility index (Phi) is 28.8. The Hall–Kier alpha value is -6.97. The quantitative estimate of drug-likeness (QED) is 0.0536. The highest BCUT2D eigenvalue weighted by molar-refractivity contribution is 6.02. The zero-order valence-corrected chi connectivity index (χ0v) is 48.0. The number of methoxy groups -OCH3 is 1. The molecule has 0 aromatic carbocycles. The van der Waals surface area contributed by atoms with Crippen LogP contribution >= 0.6 is 0 Å². The van der Waals surface area contributed by atoms with Crippen LogP contribution in [-0.2, 0) is 66.5 Å². The van der Waals surface area contributed by atoms with Gasteiger partial charge in [0.2, 0.25) is 17.7 Å². The number of nitrogens with zero attached hydrogens (tertiary/aromatic N) is 6. The lowest BCUT2D eigenvalue weighted by Crippen LogP contribution is -2.36. The van der Waals surface area contributed by atoms with E-state index < -0.39 is 28.6 Å². The Morgan fingerprint density at radius 2 is 0.765 bits per heavy atom. The van der Waals surface area contributed by atoms with Gasteiger partial charge < -0.3 is 81.6 Å². The number of Topliss-reactive ketones (excluding diaryl/α,β-unsaturated/α-hetero) is 1. The zero-order chi connectivity index (χ0) is 59.1. The van der Waals surface area contributed by atoms with Crippen LogP contribution in [0.2, 0.25) is 0 Å². The van der Waals surface area contributed by atoms with E-state index in [0.29, 0.717) is 72.7 Å². The molecule has 450 valence electrons. The number of hydrogen-bond acceptors (Lipinski definition) is 26. The van der Waals surface area contributed by atoms with Gasteiger partial charge in [0.15, 0.2) is 74.0 Å². The molecule has 0 spiro atoms. The minimum Gasteiger partial charge on any atom is -0.503 e. The molecule has 3 atom stereocenters. The number of esters is 2. The Balaban J connectivity index is 0.000000262. The number of aliphatic imine (C=N–C) groups is 3. The lowest BCUT2D eigenvalue weighted by atomic mass is 10.0. The van der Waals surface area contributed by atoms with E-state index in [4.69, 9.17) is 66.3 Å².